The van der Waals surface area contributed by atoms with Gasteiger partial charge >= 0.3 is 0 Å². The summed E-state index contributed by atoms with van der Waals surface area (Å²) >= 11 is 0. The number of nitrogens with zero attached hydrogens (tertiary/aromatic N) is 3. The highest BCUT2D eigenvalue weighted by atomic mass is 16.5. The first-order valence-corrected chi connectivity index (χ1v) is 4.77. The number of hydrazone groups is 1. The van der Waals surface area contributed by atoms with Crippen molar-refractivity contribution >= 4 is 11.4 Å². The van der Waals surface area contributed by atoms with Gasteiger partial charge in [0.1, 0.15) is 24.5 Å². The van der Waals surface area contributed by atoms with E-state index in [9.17, 15) is 0 Å². The molecule has 2 N–H and O–H groups in total. The number of aliphatic hydroxyl groups is 1. The molecule has 86 valence electrons. The van der Waals surface area contributed by atoms with Crippen molar-refractivity contribution in [2.24, 2.45) is 5.10 Å². The predicted molar refractivity (Wildman–Crippen MR) is 61.3 cm³/mol. The summed E-state index contributed by atoms with van der Waals surface area (Å²) in [6, 6.07) is 10.0. The number of aliphatic hydroxyl groups excluding tert-OH is 1. The maximum atomic E-state index is 8.57. The van der Waals surface area contributed by atoms with Gasteiger partial charge in [0.2, 0.25) is 5.71 Å². The van der Waals surface area contributed by atoms with E-state index in [1.165, 1.54) is 0 Å². The molecule has 0 amide bonds. The van der Waals surface area contributed by atoms with Crippen molar-refractivity contribution in [3.63, 3.8) is 0 Å². The third-order valence-corrected chi connectivity index (χ3v) is 1.72. The molecular weight excluding hydrogens is 220 g/mol. The minimum atomic E-state index is -0.245. The van der Waals surface area contributed by atoms with Crippen molar-refractivity contribution in [1.29, 1.82) is 10.5 Å². The van der Waals surface area contributed by atoms with Crippen LogP contribution in [0.2, 0.25) is 0 Å². The largest absolute Gasteiger partial charge is 0.491 e. The fourth-order valence-electron chi connectivity index (χ4n) is 0.985. The van der Waals surface area contributed by atoms with E-state index in [4.69, 9.17) is 20.4 Å². The maximum Gasteiger partial charge on any atom is 0.237 e. The summed E-state index contributed by atoms with van der Waals surface area (Å²) in [6.45, 7) is 0.190. The Balaban J connectivity index is 2.61. The van der Waals surface area contributed by atoms with Crippen molar-refractivity contribution in [1.82, 2.24) is 0 Å². The predicted octanol–water partition coefficient (Wildman–Crippen LogP) is 0.873. The van der Waals surface area contributed by atoms with Gasteiger partial charge in [-0.3, -0.25) is 5.43 Å². The highest BCUT2D eigenvalue weighted by molar-refractivity contribution is 6.10. The van der Waals surface area contributed by atoms with Gasteiger partial charge in [0.25, 0.3) is 0 Å². The molecule has 1 aromatic rings. The molecule has 0 heterocycles. The zero-order valence-electron chi connectivity index (χ0n) is 8.92. The monoisotopic (exact) mass is 230 g/mol. The van der Waals surface area contributed by atoms with Gasteiger partial charge in [0.05, 0.1) is 12.3 Å². The Bertz CT molecular complexity index is 452. The molecule has 0 aliphatic heterocycles. The molecule has 0 aliphatic rings. The van der Waals surface area contributed by atoms with Gasteiger partial charge in [-0.05, 0) is 24.3 Å². The Morgan fingerprint density at radius 3 is 2.47 bits per heavy atom. The first-order chi connectivity index (χ1) is 8.30. The van der Waals surface area contributed by atoms with E-state index < -0.39 is 0 Å². The van der Waals surface area contributed by atoms with Crippen LogP contribution >= 0.6 is 0 Å². The summed E-state index contributed by atoms with van der Waals surface area (Å²) in [7, 11) is 0. The maximum absolute atomic E-state index is 8.57. The zero-order chi connectivity index (χ0) is 12.5. The number of ether oxygens (including phenoxy) is 1. The molecule has 1 aromatic carbocycles. The highest BCUT2D eigenvalue weighted by Crippen LogP contribution is 2.15. The van der Waals surface area contributed by atoms with Crippen LogP contribution < -0.4 is 10.2 Å². The average molecular weight is 230 g/mol. The molecule has 0 unspecified atom stereocenters. The Kier molecular flexibility index (Phi) is 5.02. The van der Waals surface area contributed by atoms with Crippen molar-refractivity contribution in [3.05, 3.63) is 24.3 Å². The molecule has 0 aliphatic carbocycles. The normalized spacial score (nSPS) is 8.65. The molecule has 0 bridgehead atoms. The Morgan fingerprint density at radius 1 is 1.29 bits per heavy atom. The molecule has 0 saturated carbocycles. The molecule has 1 rings (SSSR count). The average Bonchev–Trinajstić information content (AvgIpc) is 2.39. The molecule has 6 nitrogen and oxygen atoms in total. The van der Waals surface area contributed by atoms with Crippen LogP contribution in [0.5, 0.6) is 5.75 Å². The number of hydrogen-bond donors (Lipinski definition) is 2. The molecule has 17 heavy (non-hydrogen) atoms. The van der Waals surface area contributed by atoms with E-state index in [0.29, 0.717) is 11.4 Å². The molecule has 0 aromatic heterocycles. The third-order valence-electron chi connectivity index (χ3n) is 1.72. The second kappa shape index (κ2) is 6.83. The van der Waals surface area contributed by atoms with E-state index in [0.717, 1.165) is 0 Å². The molecule has 0 spiro atoms. The van der Waals surface area contributed by atoms with Gasteiger partial charge in [-0.15, -0.1) is 0 Å². The topological polar surface area (TPSA) is 101 Å². The molecule has 0 radical (unpaired) electrons. The van der Waals surface area contributed by atoms with Crippen molar-refractivity contribution < 1.29 is 9.84 Å². The van der Waals surface area contributed by atoms with Gasteiger partial charge in [-0.25, -0.2) is 0 Å². The fourth-order valence-corrected chi connectivity index (χ4v) is 0.985. The van der Waals surface area contributed by atoms with Gasteiger partial charge in [0, 0.05) is 0 Å². The summed E-state index contributed by atoms with van der Waals surface area (Å²) in [5, 5.41) is 29.1. The molecule has 0 fully saturated rings. The minimum absolute atomic E-state index is 0.0437. The van der Waals surface area contributed by atoms with Crippen LogP contribution in [0.25, 0.3) is 0 Å². The lowest BCUT2D eigenvalue weighted by Gasteiger charge is -2.04. The second-order valence-electron chi connectivity index (χ2n) is 2.89. The number of nitriles is 2. The van der Waals surface area contributed by atoms with Gasteiger partial charge in [-0.2, -0.15) is 15.6 Å². The van der Waals surface area contributed by atoms with Crippen LogP contribution in [0.15, 0.2) is 29.4 Å². The van der Waals surface area contributed by atoms with Gasteiger partial charge < -0.3 is 9.84 Å². The van der Waals surface area contributed by atoms with Crippen LogP contribution in [-0.4, -0.2) is 24.0 Å². The van der Waals surface area contributed by atoms with E-state index in [1.807, 2.05) is 0 Å². The van der Waals surface area contributed by atoms with E-state index in [-0.39, 0.29) is 18.9 Å². The summed E-state index contributed by atoms with van der Waals surface area (Å²) in [5.41, 5.74) is 2.95. The Morgan fingerprint density at radius 2 is 1.94 bits per heavy atom. The van der Waals surface area contributed by atoms with E-state index in [1.54, 1.807) is 36.4 Å². The van der Waals surface area contributed by atoms with Gasteiger partial charge in [-0.1, -0.05) is 0 Å². The van der Waals surface area contributed by atoms with Crippen LogP contribution in [0, 0.1) is 22.7 Å². The van der Waals surface area contributed by atoms with Crippen LogP contribution in [0.3, 0.4) is 0 Å². The molecule has 6 heteroatoms. The highest BCUT2D eigenvalue weighted by Gasteiger charge is 1.96. The standard InChI is InChI=1S/C11H10N4O2/c12-7-10(8-13)15-14-9-1-3-11(4-2-9)17-6-5-16/h1-4,14,16H,5-6H2. The zero-order valence-corrected chi connectivity index (χ0v) is 8.92. The summed E-state index contributed by atoms with van der Waals surface area (Å²) in [5.74, 6) is 0.620. The van der Waals surface area contributed by atoms with E-state index >= 15 is 0 Å². The van der Waals surface area contributed by atoms with Crippen LogP contribution in [0.1, 0.15) is 0 Å². The molecule has 0 saturated heterocycles. The quantitative estimate of drug-likeness (QED) is 0.577. The van der Waals surface area contributed by atoms with Crippen molar-refractivity contribution in [2.45, 2.75) is 0 Å². The SMILES string of the molecule is N#CC(C#N)=NNc1ccc(OCCO)cc1. The first-order valence-electron chi connectivity index (χ1n) is 4.77. The lowest BCUT2D eigenvalue weighted by atomic mass is 10.3. The van der Waals surface area contributed by atoms with Crippen molar-refractivity contribution in [3.8, 4) is 17.9 Å². The molecular formula is C11H10N4O2. The Labute approximate surface area is 98.4 Å². The summed E-state index contributed by atoms with van der Waals surface area (Å²) < 4.78 is 5.16. The van der Waals surface area contributed by atoms with Crippen LogP contribution in [0.4, 0.5) is 5.69 Å². The first kappa shape index (κ1) is 12.5. The smallest absolute Gasteiger partial charge is 0.237 e. The fraction of sp³-hybridized carbons (Fsp3) is 0.182. The number of anilines is 1. The lowest BCUT2D eigenvalue weighted by molar-refractivity contribution is 0.201. The van der Waals surface area contributed by atoms with Crippen molar-refractivity contribution in [2.75, 3.05) is 18.6 Å². The minimum Gasteiger partial charge on any atom is -0.491 e. The number of benzene rings is 1. The van der Waals surface area contributed by atoms with E-state index in [2.05, 4.69) is 10.5 Å². The number of rotatable bonds is 5. The van der Waals surface area contributed by atoms with Crippen LogP contribution in [-0.2, 0) is 0 Å². The summed E-state index contributed by atoms with van der Waals surface area (Å²) in [4.78, 5) is 0. The number of hydrogen-bond acceptors (Lipinski definition) is 6. The molecule has 0 atom stereocenters. The second-order valence-corrected chi connectivity index (χ2v) is 2.89. The van der Waals surface area contributed by atoms with Gasteiger partial charge in [0.15, 0.2) is 0 Å². The number of nitrogens with one attached hydrogen (secondary N) is 1. The Hall–Kier alpha value is -2.57. The summed E-state index contributed by atoms with van der Waals surface area (Å²) in [6.07, 6.45) is 0. The lowest BCUT2D eigenvalue weighted by Crippen LogP contribution is -2.01. The third kappa shape index (κ3) is 4.20.